The van der Waals surface area contributed by atoms with Crippen molar-refractivity contribution in [2.24, 2.45) is 14.1 Å². The SMILES string of the molecule is CN(C)c1nc2c(c(=O)n(C)c(=O)n2C)n1C[C@H](O)COc1ccc2ccccc2c1. The highest BCUT2D eigenvalue weighted by molar-refractivity contribution is 5.83. The highest BCUT2D eigenvalue weighted by atomic mass is 16.5. The summed E-state index contributed by atoms with van der Waals surface area (Å²) < 4.78 is 9.80. The van der Waals surface area contributed by atoms with Crippen molar-refractivity contribution in [3.8, 4) is 5.75 Å². The molecule has 0 saturated heterocycles. The molecule has 9 heteroatoms. The van der Waals surface area contributed by atoms with Gasteiger partial charge in [-0.1, -0.05) is 30.3 Å². The van der Waals surface area contributed by atoms with E-state index >= 15 is 0 Å². The Kier molecular flexibility index (Phi) is 5.28. The van der Waals surface area contributed by atoms with Gasteiger partial charge in [0.1, 0.15) is 18.5 Å². The molecule has 162 valence electrons. The fraction of sp³-hybridized carbons (Fsp3) is 0.318. The van der Waals surface area contributed by atoms with Gasteiger partial charge in [0.15, 0.2) is 11.2 Å². The summed E-state index contributed by atoms with van der Waals surface area (Å²) in [5.41, 5.74) is -0.369. The molecule has 0 saturated carbocycles. The van der Waals surface area contributed by atoms with E-state index in [1.807, 2.05) is 42.5 Å². The normalized spacial score (nSPS) is 12.4. The molecule has 9 nitrogen and oxygen atoms in total. The molecule has 31 heavy (non-hydrogen) atoms. The van der Waals surface area contributed by atoms with Gasteiger partial charge < -0.3 is 19.3 Å². The molecule has 0 bridgehead atoms. The van der Waals surface area contributed by atoms with E-state index in [4.69, 9.17) is 4.74 Å². The number of imidazole rings is 1. The summed E-state index contributed by atoms with van der Waals surface area (Å²) in [7, 11) is 6.58. The van der Waals surface area contributed by atoms with Gasteiger partial charge in [0, 0.05) is 28.2 Å². The van der Waals surface area contributed by atoms with Crippen LogP contribution < -0.4 is 20.9 Å². The molecule has 0 aliphatic carbocycles. The summed E-state index contributed by atoms with van der Waals surface area (Å²) >= 11 is 0. The van der Waals surface area contributed by atoms with Gasteiger partial charge in [0.05, 0.1) is 6.54 Å². The molecular formula is C22H25N5O4. The first-order valence-electron chi connectivity index (χ1n) is 9.91. The lowest BCUT2D eigenvalue weighted by Crippen LogP contribution is -2.38. The number of anilines is 1. The second-order valence-electron chi connectivity index (χ2n) is 7.77. The number of nitrogens with zero attached hydrogens (tertiary/aromatic N) is 5. The second-order valence-corrected chi connectivity index (χ2v) is 7.77. The first kappa shape index (κ1) is 20.7. The van der Waals surface area contributed by atoms with E-state index < -0.39 is 17.4 Å². The maximum atomic E-state index is 12.8. The second kappa shape index (κ2) is 7.92. The summed E-state index contributed by atoms with van der Waals surface area (Å²) in [6.07, 6.45) is -0.899. The number of aromatic nitrogens is 4. The first-order chi connectivity index (χ1) is 14.8. The molecule has 0 amide bonds. The quantitative estimate of drug-likeness (QED) is 0.499. The van der Waals surface area contributed by atoms with Gasteiger partial charge in [-0.25, -0.2) is 4.79 Å². The van der Waals surface area contributed by atoms with E-state index in [2.05, 4.69) is 4.98 Å². The fourth-order valence-electron chi connectivity index (χ4n) is 3.66. The van der Waals surface area contributed by atoms with Crippen molar-refractivity contribution in [1.82, 2.24) is 18.7 Å². The van der Waals surface area contributed by atoms with Crippen LogP contribution in [0, 0.1) is 0 Å². The lowest BCUT2D eigenvalue weighted by Gasteiger charge is -2.18. The summed E-state index contributed by atoms with van der Waals surface area (Å²) in [5.74, 6) is 1.12. The summed E-state index contributed by atoms with van der Waals surface area (Å²) in [5, 5.41) is 12.8. The molecule has 0 unspecified atom stereocenters. The zero-order valence-electron chi connectivity index (χ0n) is 17.9. The molecule has 2 aromatic heterocycles. The van der Waals surface area contributed by atoms with E-state index in [-0.39, 0.29) is 24.3 Å². The molecule has 0 aliphatic rings. The molecule has 4 rings (SSSR count). The number of benzene rings is 2. The average molecular weight is 423 g/mol. The fourth-order valence-corrected chi connectivity index (χ4v) is 3.66. The monoisotopic (exact) mass is 423 g/mol. The van der Waals surface area contributed by atoms with Crippen molar-refractivity contribution in [2.75, 3.05) is 25.6 Å². The molecule has 2 heterocycles. The third kappa shape index (κ3) is 3.68. The van der Waals surface area contributed by atoms with Crippen LogP contribution in [0.5, 0.6) is 5.75 Å². The molecule has 4 aromatic rings. The van der Waals surface area contributed by atoms with E-state index in [1.165, 1.54) is 11.6 Å². The van der Waals surface area contributed by atoms with E-state index in [0.29, 0.717) is 11.7 Å². The van der Waals surface area contributed by atoms with Gasteiger partial charge in [0.25, 0.3) is 5.56 Å². The smallest absolute Gasteiger partial charge is 0.332 e. The maximum Gasteiger partial charge on any atom is 0.332 e. The van der Waals surface area contributed by atoms with Gasteiger partial charge in [-0.15, -0.1) is 0 Å². The van der Waals surface area contributed by atoms with E-state index in [0.717, 1.165) is 15.3 Å². The number of rotatable bonds is 6. The van der Waals surface area contributed by atoms with Crippen molar-refractivity contribution in [3.63, 3.8) is 0 Å². The van der Waals surface area contributed by atoms with Gasteiger partial charge >= 0.3 is 5.69 Å². The van der Waals surface area contributed by atoms with E-state index in [9.17, 15) is 14.7 Å². The number of ether oxygens (including phenoxy) is 1. The van der Waals surface area contributed by atoms with Crippen molar-refractivity contribution in [2.45, 2.75) is 12.6 Å². The molecule has 0 aliphatic heterocycles. The van der Waals surface area contributed by atoms with Crippen LogP contribution in [0.2, 0.25) is 0 Å². The molecule has 2 aromatic carbocycles. The van der Waals surface area contributed by atoms with Crippen LogP contribution in [0.25, 0.3) is 21.9 Å². The number of hydrogen-bond donors (Lipinski definition) is 1. The third-order valence-corrected chi connectivity index (χ3v) is 5.28. The van der Waals surface area contributed by atoms with Crippen LogP contribution in [0.1, 0.15) is 0 Å². The van der Waals surface area contributed by atoms with Gasteiger partial charge in [-0.05, 0) is 22.9 Å². The van der Waals surface area contributed by atoms with Crippen LogP contribution in [-0.4, -0.2) is 50.6 Å². The predicted octanol–water partition coefficient (Wildman–Crippen LogP) is 1.09. The topological polar surface area (TPSA) is 94.5 Å². The van der Waals surface area contributed by atoms with Crippen molar-refractivity contribution >= 4 is 27.9 Å². The maximum absolute atomic E-state index is 12.8. The average Bonchev–Trinajstić information content (AvgIpc) is 3.14. The van der Waals surface area contributed by atoms with Crippen LogP contribution in [0.15, 0.2) is 52.1 Å². The van der Waals surface area contributed by atoms with Crippen molar-refractivity contribution in [3.05, 3.63) is 63.3 Å². The summed E-state index contributed by atoms with van der Waals surface area (Å²) in [6, 6.07) is 13.7. The number of aryl methyl sites for hydroxylation is 1. The lowest BCUT2D eigenvalue weighted by molar-refractivity contribution is 0.0937. The zero-order chi connectivity index (χ0) is 22.3. The molecule has 0 radical (unpaired) electrons. The number of aliphatic hydroxyl groups excluding tert-OH is 1. The summed E-state index contributed by atoms with van der Waals surface area (Å²) in [6.45, 7) is 0.127. The standard InChI is InChI=1S/C22H25N5O4/c1-24(2)21-23-19-18(20(29)26(4)22(30)25(19)3)27(21)12-16(28)13-31-17-10-9-14-7-5-6-8-15(14)11-17/h5-11,16,28H,12-13H2,1-4H3/t16-/m0/s1. The number of fused-ring (bicyclic) bond motifs is 2. The van der Waals surface area contributed by atoms with Gasteiger partial charge in [-0.2, -0.15) is 4.98 Å². The molecule has 1 N–H and O–H groups in total. The number of hydrogen-bond acceptors (Lipinski definition) is 6. The van der Waals surface area contributed by atoms with E-state index in [1.54, 1.807) is 30.6 Å². The molecule has 0 fully saturated rings. The minimum Gasteiger partial charge on any atom is -0.491 e. The van der Waals surface area contributed by atoms with Crippen LogP contribution in [-0.2, 0) is 20.6 Å². The summed E-state index contributed by atoms with van der Waals surface area (Å²) in [4.78, 5) is 31.3. The van der Waals surface area contributed by atoms with Crippen LogP contribution in [0.4, 0.5) is 5.95 Å². The minimum atomic E-state index is -0.899. The highest BCUT2D eigenvalue weighted by Crippen LogP contribution is 2.22. The Labute approximate surface area is 178 Å². The lowest BCUT2D eigenvalue weighted by atomic mass is 10.1. The van der Waals surface area contributed by atoms with Gasteiger partial charge in [-0.3, -0.25) is 13.9 Å². The Morgan fingerprint density at radius 2 is 1.77 bits per heavy atom. The first-order valence-corrected chi connectivity index (χ1v) is 9.91. The third-order valence-electron chi connectivity index (χ3n) is 5.28. The Morgan fingerprint density at radius 3 is 2.48 bits per heavy atom. The van der Waals surface area contributed by atoms with Crippen LogP contribution in [0.3, 0.4) is 0 Å². The Bertz CT molecular complexity index is 1380. The van der Waals surface area contributed by atoms with Gasteiger partial charge in [0.2, 0.25) is 5.95 Å². The van der Waals surface area contributed by atoms with Crippen molar-refractivity contribution in [1.29, 1.82) is 0 Å². The Morgan fingerprint density at radius 1 is 1.06 bits per heavy atom. The Hall–Kier alpha value is -3.59. The number of aliphatic hydroxyl groups is 1. The molecular weight excluding hydrogens is 398 g/mol. The predicted molar refractivity (Wildman–Crippen MR) is 120 cm³/mol. The minimum absolute atomic E-state index is 0.0387. The largest absolute Gasteiger partial charge is 0.491 e. The highest BCUT2D eigenvalue weighted by Gasteiger charge is 2.22. The molecule has 1 atom stereocenters. The van der Waals surface area contributed by atoms with Crippen molar-refractivity contribution < 1.29 is 9.84 Å². The van der Waals surface area contributed by atoms with Crippen LogP contribution >= 0.6 is 0 Å². The molecule has 0 spiro atoms. The Balaban J connectivity index is 1.63. The zero-order valence-corrected chi connectivity index (χ0v) is 17.9.